The number of imidazole rings is 1. The van der Waals surface area contributed by atoms with Crippen LogP contribution in [0.1, 0.15) is 0 Å². The summed E-state index contributed by atoms with van der Waals surface area (Å²) in [6.45, 7) is 4.33. The Labute approximate surface area is 169 Å². The Bertz CT molecular complexity index is 1120. The van der Waals surface area contributed by atoms with E-state index in [2.05, 4.69) is 61.5 Å². The van der Waals surface area contributed by atoms with Gasteiger partial charge in [-0.1, -0.05) is 0 Å². The van der Waals surface area contributed by atoms with Gasteiger partial charge in [-0.25, -0.2) is 14.5 Å². The number of hydrogen-bond donors (Lipinski definition) is 1. The third-order valence-corrected chi connectivity index (χ3v) is 5.36. The van der Waals surface area contributed by atoms with Gasteiger partial charge in [0.15, 0.2) is 0 Å². The van der Waals surface area contributed by atoms with E-state index < -0.39 is 0 Å². The Morgan fingerprint density at radius 2 is 1.69 bits per heavy atom. The minimum Gasteiger partial charge on any atom is -0.369 e. The zero-order valence-electron chi connectivity index (χ0n) is 16.7. The highest BCUT2D eigenvalue weighted by Gasteiger charge is 2.14. The van der Waals surface area contributed by atoms with Gasteiger partial charge in [0.2, 0.25) is 5.95 Å². The Morgan fingerprint density at radius 1 is 0.897 bits per heavy atom. The Balaban J connectivity index is 1.36. The molecule has 29 heavy (non-hydrogen) atoms. The molecule has 0 bridgehead atoms. The van der Waals surface area contributed by atoms with E-state index in [-0.39, 0.29) is 0 Å². The minimum atomic E-state index is 0.554. The summed E-state index contributed by atoms with van der Waals surface area (Å²) < 4.78 is 3.80. The van der Waals surface area contributed by atoms with E-state index in [1.54, 1.807) is 6.33 Å². The highest BCUT2D eigenvalue weighted by atomic mass is 15.3. The first-order chi connectivity index (χ1) is 14.2. The predicted molar refractivity (Wildman–Crippen MR) is 115 cm³/mol. The molecule has 0 radical (unpaired) electrons. The molecule has 0 amide bonds. The number of benzene rings is 1. The van der Waals surface area contributed by atoms with Crippen LogP contribution in [-0.4, -0.2) is 62.3 Å². The first kappa shape index (κ1) is 17.7. The summed E-state index contributed by atoms with van der Waals surface area (Å²) in [6.07, 6.45) is 5.59. The Kier molecular flexibility index (Phi) is 4.40. The van der Waals surface area contributed by atoms with Gasteiger partial charge in [0.05, 0.1) is 23.7 Å². The molecular formula is C21H24N8. The molecule has 1 fully saturated rings. The van der Waals surface area contributed by atoms with Crippen molar-refractivity contribution in [3.8, 4) is 11.4 Å². The predicted octanol–water partition coefficient (Wildman–Crippen LogP) is 2.63. The number of fused-ring (bicyclic) bond motifs is 1. The van der Waals surface area contributed by atoms with Gasteiger partial charge in [-0.15, -0.1) is 5.10 Å². The van der Waals surface area contributed by atoms with E-state index in [1.165, 1.54) is 5.69 Å². The van der Waals surface area contributed by atoms with Gasteiger partial charge in [-0.3, -0.25) is 0 Å². The molecule has 0 unspecified atom stereocenters. The lowest BCUT2D eigenvalue weighted by molar-refractivity contribution is 0.313. The van der Waals surface area contributed by atoms with Crippen molar-refractivity contribution in [2.24, 2.45) is 7.05 Å². The fourth-order valence-corrected chi connectivity index (χ4v) is 3.65. The molecule has 0 aliphatic carbocycles. The fourth-order valence-electron chi connectivity index (χ4n) is 3.65. The Hall–Kier alpha value is -3.39. The van der Waals surface area contributed by atoms with Crippen LogP contribution in [0.4, 0.5) is 17.3 Å². The number of aryl methyl sites for hydroxylation is 1. The normalized spacial score (nSPS) is 15.2. The van der Waals surface area contributed by atoms with Crippen LogP contribution in [0.15, 0.2) is 55.1 Å². The molecule has 1 aliphatic rings. The summed E-state index contributed by atoms with van der Waals surface area (Å²) in [6, 6.07) is 12.5. The minimum absolute atomic E-state index is 0.554. The largest absolute Gasteiger partial charge is 0.369 e. The van der Waals surface area contributed by atoms with Gasteiger partial charge >= 0.3 is 0 Å². The van der Waals surface area contributed by atoms with Crippen LogP contribution >= 0.6 is 0 Å². The SMILES string of the molecule is CN1CCN(c2ccc(Nc3ncc4ccc(-c5cn(C)cn5)n4n3)cc2)CC1. The molecule has 1 N–H and O–H groups in total. The van der Waals surface area contributed by atoms with Crippen LogP contribution in [-0.2, 0) is 7.05 Å². The van der Waals surface area contributed by atoms with Crippen molar-refractivity contribution in [1.82, 2.24) is 29.0 Å². The molecule has 8 nitrogen and oxygen atoms in total. The third-order valence-electron chi connectivity index (χ3n) is 5.36. The van der Waals surface area contributed by atoms with Crippen LogP contribution in [0.3, 0.4) is 0 Å². The maximum Gasteiger partial charge on any atom is 0.245 e. The molecule has 4 heterocycles. The second-order valence-corrected chi connectivity index (χ2v) is 7.52. The van der Waals surface area contributed by atoms with E-state index in [9.17, 15) is 0 Å². The quantitative estimate of drug-likeness (QED) is 0.580. The van der Waals surface area contributed by atoms with Gasteiger partial charge in [0.25, 0.3) is 0 Å². The molecule has 1 saturated heterocycles. The number of aromatic nitrogens is 5. The first-order valence-corrected chi connectivity index (χ1v) is 9.79. The van der Waals surface area contributed by atoms with Gasteiger partial charge in [-0.2, -0.15) is 0 Å². The van der Waals surface area contributed by atoms with E-state index in [4.69, 9.17) is 0 Å². The molecule has 0 spiro atoms. The fraction of sp³-hybridized carbons (Fsp3) is 0.286. The summed E-state index contributed by atoms with van der Waals surface area (Å²) >= 11 is 0. The molecule has 0 saturated carbocycles. The lowest BCUT2D eigenvalue weighted by Gasteiger charge is -2.34. The number of rotatable bonds is 4. The smallest absolute Gasteiger partial charge is 0.245 e. The van der Waals surface area contributed by atoms with Crippen LogP contribution in [0.5, 0.6) is 0 Å². The van der Waals surface area contributed by atoms with Gasteiger partial charge < -0.3 is 19.7 Å². The summed E-state index contributed by atoms with van der Waals surface area (Å²) in [7, 11) is 4.13. The maximum atomic E-state index is 4.67. The number of likely N-dealkylation sites (N-methyl/N-ethyl adjacent to an activating group) is 1. The topological polar surface area (TPSA) is 66.5 Å². The second-order valence-electron chi connectivity index (χ2n) is 7.52. The number of hydrogen-bond acceptors (Lipinski definition) is 6. The molecule has 0 atom stereocenters. The molecule has 5 rings (SSSR count). The molecule has 1 aliphatic heterocycles. The monoisotopic (exact) mass is 388 g/mol. The lowest BCUT2D eigenvalue weighted by atomic mass is 10.2. The number of anilines is 3. The standard InChI is InChI=1S/C21H24N8/c1-26-9-11-28(12-10-26)17-5-3-16(4-6-17)24-21-22-13-18-7-8-20(29(18)25-21)19-14-27(2)15-23-19/h3-8,13-15H,9-12H2,1-2H3,(H,24,25). The van der Waals surface area contributed by atoms with Crippen molar-refractivity contribution in [3.05, 3.63) is 55.1 Å². The summed E-state index contributed by atoms with van der Waals surface area (Å²) in [5.41, 5.74) is 4.98. The summed E-state index contributed by atoms with van der Waals surface area (Å²) in [5, 5.41) is 7.98. The average Bonchev–Trinajstić information content (AvgIpc) is 3.35. The van der Waals surface area contributed by atoms with Crippen LogP contribution < -0.4 is 10.2 Å². The number of nitrogens with zero attached hydrogens (tertiary/aromatic N) is 7. The van der Waals surface area contributed by atoms with Crippen molar-refractivity contribution in [2.45, 2.75) is 0 Å². The molecule has 4 aromatic rings. The Morgan fingerprint density at radius 3 is 2.41 bits per heavy atom. The van der Waals surface area contributed by atoms with Crippen molar-refractivity contribution >= 4 is 22.8 Å². The van der Waals surface area contributed by atoms with Crippen molar-refractivity contribution < 1.29 is 0 Å². The van der Waals surface area contributed by atoms with E-state index in [0.29, 0.717) is 5.95 Å². The van der Waals surface area contributed by atoms with Crippen molar-refractivity contribution in [2.75, 3.05) is 43.4 Å². The average molecular weight is 388 g/mol. The second kappa shape index (κ2) is 7.21. The summed E-state index contributed by atoms with van der Waals surface area (Å²) in [4.78, 5) is 13.7. The highest BCUT2D eigenvalue weighted by Crippen LogP contribution is 2.23. The zero-order valence-corrected chi connectivity index (χ0v) is 16.7. The molecule has 148 valence electrons. The van der Waals surface area contributed by atoms with Gasteiger partial charge in [0, 0.05) is 50.8 Å². The van der Waals surface area contributed by atoms with Gasteiger partial charge in [0.1, 0.15) is 5.69 Å². The highest BCUT2D eigenvalue weighted by molar-refractivity contribution is 5.64. The van der Waals surface area contributed by atoms with Crippen LogP contribution in [0, 0.1) is 0 Å². The van der Waals surface area contributed by atoms with E-state index in [1.807, 2.05) is 40.7 Å². The summed E-state index contributed by atoms with van der Waals surface area (Å²) in [5.74, 6) is 0.554. The number of nitrogens with one attached hydrogen (secondary N) is 1. The molecule has 8 heteroatoms. The molecule has 3 aromatic heterocycles. The van der Waals surface area contributed by atoms with Crippen molar-refractivity contribution in [3.63, 3.8) is 0 Å². The molecular weight excluding hydrogens is 364 g/mol. The van der Waals surface area contributed by atoms with Crippen LogP contribution in [0.25, 0.3) is 16.9 Å². The van der Waals surface area contributed by atoms with Crippen molar-refractivity contribution in [1.29, 1.82) is 0 Å². The number of piperazine rings is 1. The van der Waals surface area contributed by atoms with E-state index in [0.717, 1.165) is 48.8 Å². The zero-order chi connectivity index (χ0) is 19.8. The van der Waals surface area contributed by atoms with Gasteiger partial charge in [-0.05, 0) is 43.4 Å². The van der Waals surface area contributed by atoms with E-state index >= 15 is 0 Å². The molecule has 1 aromatic carbocycles. The maximum absolute atomic E-state index is 4.67. The third kappa shape index (κ3) is 3.54. The lowest BCUT2D eigenvalue weighted by Crippen LogP contribution is -2.44. The first-order valence-electron chi connectivity index (χ1n) is 9.79. The van der Waals surface area contributed by atoms with Crippen LogP contribution in [0.2, 0.25) is 0 Å².